The number of benzene rings is 1. The Labute approximate surface area is 149 Å². The van der Waals surface area contributed by atoms with E-state index in [1.54, 1.807) is 12.1 Å². The molecular formula is C19H27N3O3. The van der Waals surface area contributed by atoms with Gasteiger partial charge in [0.05, 0.1) is 24.8 Å². The van der Waals surface area contributed by atoms with Gasteiger partial charge in [0.15, 0.2) is 0 Å². The Balaban J connectivity index is 1.66. The number of rotatable bonds is 6. The number of unbranched alkanes of at least 4 members (excludes halogenated alkanes) is 1. The largest absolute Gasteiger partial charge is 0.494 e. The number of amides is 2. The van der Waals surface area contributed by atoms with Gasteiger partial charge in [0.25, 0.3) is 5.91 Å². The third-order valence-corrected chi connectivity index (χ3v) is 4.96. The molecule has 0 bridgehead atoms. The van der Waals surface area contributed by atoms with Crippen molar-refractivity contribution in [3.05, 3.63) is 24.3 Å². The van der Waals surface area contributed by atoms with Crippen LogP contribution in [-0.2, 0) is 9.59 Å². The molecular weight excluding hydrogens is 318 g/mol. The summed E-state index contributed by atoms with van der Waals surface area (Å²) in [5, 5.41) is 0. The SMILES string of the molecule is CCCCOc1ccc(N2C(=O)C[C@@H](N3CCN(C)CC3)C2=O)cc1. The summed E-state index contributed by atoms with van der Waals surface area (Å²) in [6, 6.07) is 6.93. The zero-order valence-corrected chi connectivity index (χ0v) is 15.1. The highest BCUT2D eigenvalue weighted by molar-refractivity contribution is 6.22. The highest BCUT2D eigenvalue weighted by atomic mass is 16.5. The van der Waals surface area contributed by atoms with E-state index in [0.717, 1.165) is 44.8 Å². The minimum atomic E-state index is -0.318. The van der Waals surface area contributed by atoms with E-state index in [9.17, 15) is 9.59 Å². The standard InChI is InChI=1S/C19H27N3O3/c1-3-4-13-25-16-7-5-15(6-8-16)22-18(23)14-17(19(22)24)21-11-9-20(2)10-12-21/h5-8,17H,3-4,9-14H2,1-2H3/t17-/m1/s1. The Morgan fingerprint density at radius 2 is 1.76 bits per heavy atom. The van der Waals surface area contributed by atoms with Crippen molar-refractivity contribution in [2.24, 2.45) is 0 Å². The van der Waals surface area contributed by atoms with Crippen LogP contribution >= 0.6 is 0 Å². The maximum atomic E-state index is 12.8. The summed E-state index contributed by atoms with van der Waals surface area (Å²) in [5.41, 5.74) is 0.634. The molecule has 2 aliphatic heterocycles. The fourth-order valence-electron chi connectivity index (χ4n) is 3.33. The van der Waals surface area contributed by atoms with Crippen LogP contribution in [0.3, 0.4) is 0 Å². The Hall–Kier alpha value is -1.92. The van der Waals surface area contributed by atoms with E-state index in [4.69, 9.17) is 4.74 Å². The third-order valence-electron chi connectivity index (χ3n) is 4.96. The van der Waals surface area contributed by atoms with Gasteiger partial charge in [-0.25, -0.2) is 4.90 Å². The van der Waals surface area contributed by atoms with Gasteiger partial charge in [-0.15, -0.1) is 0 Å². The second kappa shape index (κ2) is 7.97. The number of carbonyl (C=O) groups is 2. The summed E-state index contributed by atoms with van der Waals surface area (Å²) < 4.78 is 5.64. The number of carbonyl (C=O) groups excluding carboxylic acids is 2. The van der Waals surface area contributed by atoms with E-state index in [0.29, 0.717) is 12.3 Å². The molecule has 2 fully saturated rings. The molecule has 2 heterocycles. The van der Waals surface area contributed by atoms with Crippen LogP contribution in [-0.4, -0.2) is 67.5 Å². The Bertz CT molecular complexity index is 609. The third kappa shape index (κ3) is 4.02. The first kappa shape index (κ1) is 17.9. The summed E-state index contributed by atoms with van der Waals surface area (Å²) in [6.07, 6.45) is 2.37. The van der Waals surface area contributed by atoms with Crippen molar-refractivity contribution < 1.29 is 14.3 Å². The van der Waals surface area contributed by atoms with Crippen LogP contribution in [0.4, 0.5) is 5.69 Å². The van der Waals surface area contributed by atoms with E-state index >= 15 is 0 Å². The molecule has 1 aromatic rings. The Kier molecular flexibility index (Phi) is 5.71. The number of hydrogen-bond donors (Lipinski definition) is 0. The van der Waals surface area contributed by atoms with Crippen LogP contribution < -0.4 is 9.64 Å². The topological polar surface area (TPSA) is 53.1 Å². The molecule has 0 aliphatic carbocycles. The summed E-state index contributed by atoms with van der Waals surface area (Å²) >= 11 is 0. The van der Waals surface area contributed by atoms with Gasteiger partial charge in [0.1, 0.15) is 5.75 Å². The van der Waals surface area contributed by atoms with Crippen LogP contribution in [0, 0.1) is 0 Å². The molecule has 6 heteroatoms. The zero-order valence-electron chi connectivity index (χ0n) is 15.1. The summed E-state index contributed by atoms with van der Waals surface area (Å²) in [4.78, 5) is 31.0. The van der Waals surface area contributed by atoms with Crippen molar-refractivity contribution in [1.29, 1.82) is 0 Å². The average molecular weight is 345 g/mol. The number of piperazine rings is 1. The Morgan fingerprint density at radius 3 is 2.40 bits per heavy atom. The normalized spacial score (nSPS) is 22.6. The summed E-state index contributed by atoms with van der Waals surface area (Å²) in [5.74, 6) is 0.551. The van der Waals surface area contributed by atoms with Crippen molar-refractivity contribution in [2.45, 2.75) is 32.2 Å². The van der Waals surface area contributed by atoms with Crippen LogP contribution in [0.15, 0.2) is 24.3 Å². The van der Waals surface area contributed by atoms with Gasteiger partial charge in [-0.3, -0.25) is 14.5 Å². The minimum Gasteiger partial charge on any atom is -0.494 e. The predicted molar refractivity (Wildman–Crippen MR) is 96.8 cm³/mol. The molecule has 2 saturated heterocycles. The zero-order chi connectivity index (χ0) is 17.8. The number of nitrogens with zero attached hydrogens (tertiary/aromatic N) is 3. The first-order valence-electron chi connectivity index (χ1n) is 9.12. The van der Waals surface area contributed by atoms with Gasteiger partial charge in [0, 0.05) is 26.2 Å². The van der Waals surface area contributed by atoms with Crippen LogP contribution in [0.25, 0.3) is 0 Å². The monoisotopic (exact) mass is 345 g/mol. The molecule has 0 spiro atoms. The van der Waals surface area contributed by atoms with Gasteiger partial charge in [-0.2, -0.15) is 0 Å². The molecule has 136 valence electrons. The quantitative estimate of drug-likeness (QED) is 0.581. The van der Waals surface area contributed by atoms with Crippen molar-refractivity contribution in [1.82, 2.24) is 9.80 Å². The lowest BCUT2D eigenvalue weighted by atomic mass is 10.2. The average Bonchev–Trinajstić information content (AvgIpc) is 2.91. The molecule has 3 rings (SSSR count). The number of likely N-dealkylation sites (N-methyl/N-ethyl adjacent to an activating group) is 1. The van der Waals surface area contributed by atoms with Crippen LogP contribution in [0.5, 0.6) is 5.75 Å². The van der Waals surface area contributed by atoms with Gasteiger partial charge in [0.2, 0.25) is 5.91 Å². The summed E-state index contributed by atoms with van der Waals surface area (Å²) in [6.45, 7) is 6.33. The highest BCUT2D eigenvalue weighted by Gasteiger charge is 2.43. The van der Waals surface area contributed by atoms with Gasteiger partial charge >= 0.3 is 0 Å². The molecule has 1 aromatic carbocycles. The van der Waals surface area contributed by atoms with Crippen molar-refractivity contribution in [2.75, 3.05) is 44.7 Å². The number of imide groups is 1. The second-order valence-electron chi connectivity index (χ2n) is 6.82. The van der Waals surface area contributed by atoms with Crippen molar-refractivity contribution in [3.8, 4) is 5.75 Å². The van der Waals surface area contributed by atoms with Gasteiger partial charge in [-0.05, 0) is 37.7 Å². The number of anilines is 1. The molecule has 0 saturated carbocycles. The maximum Gasteiger partial charge on any atom is 0.251 e. The van der Waals surface area contributed by atoms with E-state index in [-0.39, 0.29) is 24.3 Å². The van der Waals surface area contributed by atoms with Crippen LogP contribution in [0.1, 0.15) is 26.2 Å². The molecule has 2 amide bonds. The smallest absolute Gasteiger partial charge is 0.251 e. The fraction of sp³-hybridized carbons (Fsp3) is 0.579. The molecule has 2 aliphatic rings. The first-order chi connectivity index (χ1) is 12.1. The second-order valence-corrected chi connectivity index (χ2v) is 6.82. The molecule has 1 atom stereocenters. The lowest BCUT2D eigenvalue weighted by Gasteiger charge is -2.35. The molecule has 6 nitrogen and oxygen atoms in total. The van der Waals surface area contributed by atoms with Gasteiger partial charge < -0.3 is 9.64 Å². The maximum absolute atomic E-state index is 12.8. The molecule has 0 unspecified atom stereocenters. The molecule has 0 radical (unpaired) electrons. The van der Waals surface area contributed by atoms with Crippen molar-refractivity contribution >= 4 is 17.5 Å². The Morgan fingerprint density at radius 1 is 1.08 bits per heavy atom. The molecule has 25 heavy (non-hydrogen) atoms. The lowest BCUT2D eigenvalue weighted by Crippen LogP contribution is -2.51. The van der Waals surface area contributed by atoms with E-state index in [2.05, 4.69) is 23.8 Å². The van der Waals surface area contributed by atoms with Crippen molar-refractivity contribution in [3.63, 3.8) is 0 Å². The van der Waals surface area contributed by atoms with Gasteiger partial charge in [-0.1, -0.05) is 13.3 Å². The van der Waals surface area contributed by atoms with E-state index < -0.39 is 0 Å². The summed E-state index contributed by atoms with van der Waals surface area (Å²) in [7, 11) is 2.08. The predicted octanol–water partition coefficient (Wildman–Crippen LogP) is 1.74. The molecule has 0 aromatic heterocycles. The van der Waals surface area contributed by atoms with Crippen LogP contribution in [0.2, 0.25) is 0 Å². The number of hydrogen-bond acceptors (Lipinski definition) is 5. The highest BCUT2D eigenvalue weighted by Crippen LogP contribution is 2.27. The van der Waals surface area contributed by atoms with E-state index in [1.165, 1.54) is 4.90 Å². The first-order valence-corrected chi connectivity index (χ1v) is 9.12. The number of ether oxygens (including phenoxy) is 1. The fourth-order valence-corrected chi connectivity index (χ4v) is 3.33. The molecule has 0 N–H and O–H groups in total. The minimum absolute atomic E-state index is 0.103. The lowest BCUT2D eigenvalue weighted by molar-refractivity contribution is -0.123. The van der Waals surface area contributed by atoms with E-state index in [1.807, 2.05) is 12.1 Å².